The number of ether oxygens (including phenoxy) is 1. The van der Waals surface area contributed by atoms with Gasteiger partial charge in [-0.3, -0.25) is 19.2 Å². The molecular weight excluding hydrogens is 743 g/mol. The van der Waals surface area contributed by atoms with E-state index >= 15 is 0 Å². The van der Waals surface area contributed by atoms with Gasteiger partial charge >= 0.3 is 18.2 Å². The second-order valence-electron chi connectivity index (χ2n) is 14.6. The molecular formula is C42H44F3N5O7. The first kappa shape index (κ1) is 41.8. The predicted octanol–water partition coefficient (Wildman–Crippen LogP) is 5.82. The van der Waals surface area contributed by atoms with E-state index in [4.69, 9.17) is 4.74 Å². The van der Waals surface area contributed by atoms with E-state index in [1.54, 1.807) is 33.0 Å². The lowest BCUT2D eigenvalue weighted by molar-refractivity contribution is -0.141. The van der Waals surface area contributed by atoms with Gasteiger partial charge in [0.15, 0.2) is 0 Å². The number of alkyl carbamates (subject to hydrolysis) is 1. The number of amides is 4. The molecule has 4 amide bonds. The summed E-state index contributed by atoms with van der Waals surface area (Å²) in [7, 11) is 0. The molecule has 3 atom stereocenters. The fourth-order valence-electron chi connectivity index (χ4n) is 6.28. The van der Waals surface area contributed by atoms with E-state index in [0.29, 0.717) is 11.1 Å². The summed E-state index contributed by atoms with van der Waals surface area (Å²) in [5.41, 5.74) is 0.659. The smallest absolute Gasteiger partial charge is 0.416 e. The first-order valence-electron chi connectivity index (χ1n) is 18.2. The number of nitrogens with one attached hydrogen (secondary N) is 5. The zero-order valence-electron chi connectivity index (χ0n) is 31.5. The predicted molar refractivity (Wildman–Crippen MR) is 207 cm³/mol. The number of para-hydroxylation sites is 1. The number of aliphatic carboxylic acids is 1. The van der Waals surface area contributed by atoms with Crippen molar-refractivity contribution in [2.75, 3.05) is 6.54 Å². The number of benzene rings is 4. The van der Waals surface area contributed by atoms with Crippen LogP contribution >= 0.6 is 0 Å². The topological polar surface area (TPSA) is 179 Å². The van der Waals surface area contributed by atoms with E-state index in [0.717, 1.165) is 33.8 Å². The largest absolute Gasteiger partial charge is 0.481 e. The molecule has 5 aromatic rings. The van der Waals surface area contributed by atoms with Crippen molar-refractivity contribution in [3.05, 3.63) is 119 Å². The normalized spacial score (nSPS) is 13.3. The summed E-state index contributed by atoms with van der Waals surface area (Å²) in [5.74, 6) is -3.95. The van der Waals surface area contributed by atoms with Gasteiger partial charge in [-0.15, -0.1) is 0 Å². The Balaban J connectivity index is 1.38. The molecule has 0 aliphatic carbocycles. The summed E-state index contributed by atoms with van der Waals surface area (Å²) in [6.45, 7) is 4.84. The Morgan fingerprint density at radius 1 is 0.719 bits per heavy atom. The van der Waals surface area contributed by atoms with Crippen molar-refractivity contribution < 1.29 is 47.0 Å². The standard InChI is InChI=1S/C42H44F3N5O7/c1-41(2,3)57-40(56)50-34(22-29-24-47-32-14-7-6-13-31(29)32)39(55)48-33(21-26-15-16-27-10-4-5-11-28(27)19-26)38(54)49-35(23-36(51)52)37(53)46-18-17-25-9-8-12-30(20-25)42(43,44)45/h4-16,19-20,24,33-35,47H,17-18,21-23H2,1-3H3,(H,46,53)(H,48,55)(H,49,54)(H,50,56)(H,51,52)/t33-,34-,35-/m0/s1. The van der Waals surface area contributed by atoms with Crippen LogP contribution in [0.15, 0.2) is 97.2 Å². The van der Waals surface area contributed by atoms with E-state index in [1.807, 2.05) is 60.7 Å². The molecule has 15 heteroatoms. The van der Waals surface area contributed by atoms with E-state index in [9.17, 15) is 42.3 Å². The Bertz CT molecular complexity index is 2250. The molecule has 12 nitrogen and oxygen atoms in total. The molecule has 57 heavy (non-hydrogen) atoms. The number of alkyl halides is 3. The van der Waals surface area contributed by atoms with Gasteiger partial charge in [0.1, 0.15) is 23.7 Å². The molecule has 1 heterocycles. The number of hydrogen-bond acceptors (Lipinski definition) is 6. The minimum absolute atomic E-state index is 0.00464. The maximum absolute atomic E-state index is 14.2. The van der Waals surface area contributed by atoms with E-state index < -0.39 is 71.7 Å². The number of carbonyl (C=O) groups excluding carboxylic acids is 4. The van der Waals surface area contributed by atoms with Crippen molar-refractivity contribution in [1.29, 1.82) is 0 Å². The van der Waals surface area contributed by atoms with E-state index in [-0.39, 0.29) is 31.4 Å². The summed E-state index contributed by atoms with van der Waals surface area (Å²) in [6, 6.07) is 20.7. The number of rotatable bonds is 15. The molecule has 0 bridgehead atoms. The number of hydrogen-bond donors (Lipinski definition) is 6. The highest BCUT2D eigenvalue weighted by Gasteiger charge is 2.33. The third-order valence-electron chi connectivity index (χ3n) is 8.97. The number of carboxylic acid groups (broad SMARTS) is 1. The molecule has 5 rings (SSSR count). The van der Waals surface area contributed by atoms with Gasteiger partial charge in [0.25, 0.3) is 0 Å². The Morgan fingerprint density at radius 3 is 2.09 bits per heavy atom. The van der Waals surface area contributed by atoms with Crippen LogP contribution in [-0.4, -0.2) is 70.1 Å². The van der Waals surface area contributed by atoms with E-state index in [2.05, 4.69) is 26.3 Å². The van der Waals surface area contributed by atoms with Crippen molar-refractivity contribution in [3.63, 3.8) is 0 Å². The first-order chi connectivity index (χ1) is 26.9. The van der Waals surface area contributed by atoms with Gasteiger partial charge in [-0.25, -0.2) is 4.79 Å². The Labute approximate surface area is 326 Å². The van der Waals surface area contributed by atoms with Crippen LogP contribution in [0.3, 0.4) is 0 Å². The van der Waals surface area contributed by atoms with Crippen LogP contribution in [0.25, 0.3) is 21.7 Å². The van der Waals surface area contributed by atoms with Gasteiger partial charge < -0.3 is 36.1 Å². The second-order valence-corrected chi connectivity index (χ2v) is 14.6. The second kappa shape index (κ2) is 18.0. The quantitative estimate of drug-likeness (QED) is 0.0774. The van der Waals surface area contributed by atoms with Crippen LogP contribution in [-0.2, 0) is 49.4 Å². The lowest BCUT2D eigenvalue weighted by Crippen LogP contribution is -2.58. The van der Waals surface area contributed by atoms with Gasteiger partial charge in [-0.1, -0.05) is 78.9 Å². The Hall–Kier alpha value is -6.38. The molecule has 0 spiro atoms. The van der Waals surface area contributed by atoms with Crippen LogP contribution in [0, 0.1) is 0 Å². The highest BCUT2D eigenvalue weighted by atomic mass is 19.4. The van der Waals surface area contributed by atoms with Crippen LogP contribution in [0.1, 0.15) is 49.4 Å². The maximum atomic E-state index is 14.2. The molecule has 300 valence electrons. The monoisotopic (exact) mass is 787 g/mol. The average Bonchev–Trinajstić information content (AvgIpc) is 3.55. The summed E-state index contributed by atoms with van der Waals surface area (Å²) in [6.07, 6.45) is -4.66. The molecule has 6 N–H and O–H groups in total. The minimum Gasteiger partial charge on any atom is -0.481 e. The van der Waals surface area contributed by atoms with Crippen molar-refractivity contribution in [2.45, 2.75) is 76.4 Å². The number of aromatic nitrogens is 1. The van der Waals surface area contributed by atoms with Crippen molar-refractivity contribution in [1.82, 2.24) is 26.3 Å². The lowest BCUT2D eigenvalue weighted by Gasteiger charge is -2.26. The van der Waals surface area contributed by atoms with Gasteiger partial charge in [-0.05, 0) is 66.8 Å². The molecule has 0 unspecified atom stereocenters. The van der Waals surface area contributed by atoms with Crippen molar-refractivity contribution >= 4 is 51.5 Å². The number of carboxylic acids is 1. The molecule has 0 saturated carbocycles. The fourth-order valence-corrected chi connectivity index (χ4v) is 6.28. The number of H-pyrrole nitrogens is 1. The zero-order chi connectivity index (χ0) is 41.3. The maximum Gasteiger partial charge on any atom is 0.416 e. The third kappa shape index (κ3) is 12.1. The molecule has 0 aliphatic heterocycles. The van der Waals surface area contributed by atoms with Crippen LogP contribution < -0.4 is 21.3 Å². The molecule has 0 saturated heterocycles. The summed E-state index contributed by atoms with van der Waals surface area (Å²) >= 11 is 0. The van der Waals surface area contributed by atoms with Gasteiger partial charge in [0.05, 0.1) is 12.0 Å². The molecule has 1 aromatic heterocycles. The van der Waals surface area contributed by atoms with Gasteiger partial charge in [0.2, 0.25) is 17.7 Å². The highest BCUT2D eigenvalue weighted by molar-refractivity contribution is 5.96. The summed E-state index contributed by atoms with van der Waals surface area (Å²) < 4.78 is 45.0. The van der Waals surface area contributed by atoms with Gasteiger partial charge in [0, 0.05) is 36.5 Å². The third-order valence-corrected chi connectivity index (χ3v) is 8.97. The number of fused-ring (bicyclic) bond motifs is 2. The van der Waals surface area contributed by atoms with Crippen molar-refractivity contribution in [3.8, 4) is 0 Å². The summed E-state index contributed by atoms with van der Waals surface area (Å²) in [5, 5.41) is 22.5. The number of halogens is 3. The molecule has 0 fully saturated rings. The van der Waals surface area contributed by atoms with Crippen LogP contribution in [0.5, 0.6) is 0 Å². The molecule has 0 radical (unpaired) electrons. The highest BCUT2D eigenvalue weighted by Crippen LogP contribution is 2.29. The molecule has 0 aliphatic rings. The van der Waals surface area contributed by atoms with E-state index in [1.165, 1.54) is 12.1 Å². The zero-order valence-corrected chi connectivity index (χ0v) is 31.5. The fraction of sp³-hybridized carbons (Fsp3) is 0.310. The first-order valence-corrected chi connectivity index (χ1v) is 18.2. The lowest BCUT2D eigenvalue weighted by atomic mass is 9.99. The summed E-state index contributed by atoms with van der Waals surface area (Å²) in [4.78, 5) is 69.5. The van der Waals surface area contributed by atoms with Crippen molar-refractivity contribution in [2.24, 2.45) is 0 Å². The molecule has 4 aromatic carbocycles. The number of carbonyl (C=O) groups is 5. The minimum atomic E-state index is -4.56. The van der Waals surface area contributed by atoms with Crippen LogP contribution in [0.4, 0.5) is 18.0 Å². The Kier molecular flexibility index (Phi) is 13.2. The average molecular weight is 788 g/mol. The number of aromatic amines is 1. The van der Waals surface area contributed by atoms with Crippen LogP contribution in [0.2, 0.25) is 0 Å². The SMILES string of the molecule is CC(C)(C)OC(=O)N[C@@H](Cc1c[nH]c2ccccc12)C(=O)N[C@@H](Cc1ccc2ccccc2c1)C(=O)N[C@@H](CC(=O)O)C(=O)NCCc1cccc(C(F)(F)F)c1. The van der Waals surface area contributed by atoms with Gasteiger partial charge in [-0.2, -0.15) is 13.2 Å². The Morgan fingerprint density at radius 2 is 1.39 bits per heavy atom.